The molecular weight excluding hydrogens is 428 g/mol. The first-order valence-corrected chi connectivity index (χ1v) is 10.3. The summed E-state index contributed by atoms with van der Waals surface area (Å²) in [4.78, 5) is 29.5. The van der Waals surface area contributed by atoms with Crippen molar-refractivity contribution in [3.8, 4) is 23.0 Å². The highest BCUT2D eigenvalue weighted by atomic mass is 16.5. The topological polar surface area (TPSA) is 109 Å². The SMILES string of the molecule is COc1ccc(/C(O)=C2/C(=O)C(=O)N(CCN(C)C)C2c2cccc(OC)c2OC)c(O)c1. The minimum absolute atomic E-state index is 0.00766. The van der Waals surface area contributed by atoms with Crippen molar-refractivity contribution in [1.29, 1.82) is 0 Å². The first-order valence-electron chi connectivity index (χ1n) is 10.3. The van der Waals surface area contributed by atoms with Crippen molar-refractivity contribution in [2.75, 3.05) is 48.5 Å². The molecule has 33 heavy (non-hydrogen) atoms. The molecule has 1 heterocycles. The zero-order chi connectivity index (χ0) is 24.3. The summed E-state index contributed by atoms with van der Waals surface area (Å²) in [5.74, 6) is -1.25. The molecule has 1 aliphatic rings. The predicted molar refractivity (Wildman–Crippen MR) is 122 cm³/mol. The zero-order valence-electron chi connectivity index (χ0n) is 19.3. The molecule has 9 nitrogen and oxygen atoms in total. The summed E-state index contributed by atoms with van der Waals surface area (Å²) in [5.41, 5.74) is 0.336. The van der Waals surface area contributed by atoms with E-state index in [9.17, 15) is 19.8 Å². The lowest BCUT2D eigenvalue weighted by atomic mass is 9.94. The lowest BCUT2D eigenvalue weighted by Crippen LogP contribution is -2.35. The lowest BCUT2D eigenvalue weighted by Gasteiger charge is -2.28. The molecule has 1 atom stereocenters. The van der Waals surface area contributed by atoms with Crippen molar-refractivity contribution < 1.29 is 34.0 Å². The number of carbonyl (C=O) groups excluding carboxylic acids is 2. The van der Waals surface area contributed by atoms with Crippen LogP contribution < -0.4 is 14.2 Å². The number of likely N-dealkylation sites (N-methyl/N-ethyl adjacent to an activating group) is 1. The molecule has 1 fully saturated rings. The van der Waals surface area contributed by atoms with Gasteiger partial charge in [0.1, 0.15) is 17.3 Å². The van der Waals surface area contributed by atoms with Crippen LogP contribution in [0.15, 0.2) is 42.0 Å². The largest absolute Gasteiger partial charge is 0.507 e. The highest BCUT2D eigenvalue weighted by Crippen LogP contribution is 2.46. The molecule has 2 aromatic rings. The Bertz CT molecular complexity index is 1090. The Morgan fingerprint density at radius 1 is 1.06 bits per heavy atom. The molecule has 1 amide bonds. The van der Waals surface area contributed by atoms with Gasteiger partial charge in [-0.1, -0.05) is 12.1 Å². The highest BCUT2D eigenvalue weighted by Gasteiger charge is 2.47. The van der Waals surface area contributed by atoms with Crippen LogP contribution in [-0.4, -0.2) is 80.2 Å². The Kier molecular flexibility index (Phi) is 7.13. The number of phenolic OH excluding ortho intramolecular Hbond substituents is 1. The van der Waals surface area contributed by atoms with Gasteiger partial charge in [-0.3, -0.25) is 9.59 Å². The first-order chi connectivity index (χ1) is 15.7. The molecule has 9 heteroatoms. The van der Waals surface area contributed by atoms with Crippen LogP contribution in [-0.2, 0) is 9.59 Å². The number of aliphatic hydroxyl groups is 1. The van der Waals surface area contributed by atoms with E-state index in [4.69, 9.17) is 14.2 Å². The minimum Gasteiger partial charge on any atom is -0.507 e. The number of nitrogens with zero attached hydrogens (tertiary/aromatic N) is 2. The summed E-state index contributed by atoms with van der Waals surface area (Å²) in [6.45, 7) is 0.720. The van der Waals surface area contributed by atoms with Crippen LogP contribution in [0.5, 0.6) is 23.0 Å². The molecule has 1 aliphatic heterocycles. The number of phenols is 1. The van der Waals surface area contributed by atoms with Crippen molar-refractivity contribution in [3.63, 3.8) is 0 Å². The summed E-state index contributed by atoms with van der Waals surface area (Å²) in [6, 6.07) is 8.46. The molecule has 1 unspecified atom stereocenters. The van der Waals surface area contributed by atoms with Crippen LogP contribution in [0.3, 0.4) is 0 Å². The maximum absolute atomic E-state index is 13.1. The monoisotopic (exact) mass is 456 g/mol. The van der Waals surface area contributed by atoms with Crippen molar-refractivity contribution in [1.82, 2.24) is 9.80 Å². The second-order valence-electron chi connectivity index (χ2n) is 7.76. The number of aromatic hydroxyl groups is 1. The molecule has 0 aliphatic carbocycles. The fraction of sp³-hybridized carbons (Fsp3) is 0.333. The summed E-state index contributed by atoms with van der Waals surface area (Å²) in [7, 11) is 8.10. The van der Waals surface area contributed by atoms with E-state index in [1.807, 2.05) is 19.0 Å². The first kappa shape index (κ1) is 23.9. The van der Waals surface area contributed by atoms with E-state index in [2.05, 4.69) is 0 Å². The number of likely N-dealkylation sites (tertiary alicyclic amines) is 1. The molecule has 176 valence electrons. The van der Waals surface area contributed by atoms with Gasteiger partial charge >= 0.3 is 0 Å². The Balaban J connectivity index is 2.26. The number of ether oxygens (including phenoxy) is 3. The van der Waals surface area contributed by atoms with Crippen molar-refractivity contribution in [2.24, 2.45) is 0 Å². The van der Waals surface area contributed by atoms with Gasteiger partial charge in [-0.25, -0.2) is 0 Å². The van der Waals surface area contributed by atoms with Crippen LogP contribution >= 0.6 is 0 Å². The van der Waals surface area contributed by atoms with E-state index >= 15 is 0 Å². The van der Waals surface area contributed by atoms with Crippen LogP contribution in [0.2, 0.25) is 0 Å². The Morgan fingerprint density at radius 3 is 2.36 bits per heavy atom. The van der Waals surface area contributed by atoms with E-state index in [0.29, 0.717) is 29.4 Å². The van der Waals surface area contributed by atoms with Gasteiger partial charge in [0.2, 0.25) is 0 Å². The van der Waals surface area contributed by atoms with Crippen molar-refractivity contribution in [2.45, 2.75) is 6.04 Å². The molecule has 0 bridgehead atoms. The quantitative estimate of drug-likeness (QED) is 0.354. The Labute approximate surface area is 192 Å². The van der Waals surface area contributed by atoms with Gasteiger partial charge in [0, 0.05) is 24.7 Å². The molecular formula is C24H28N2O7. The summed E-state index contributed by atoms with van der Waals surface area (Å²) in [6.07, 6.45) is 0. The molecule has 3 rings (SSSR count). The van der Waals surface area contributed by atoms with Crippen LogP contribution in [0.25, 0.3) is 5.76 Å². The van der Waals surface area contributed by atoms with Gasteiger partial charge in [0.25, 0.3) is 11.7 Å². The van der Waals surface area contributed by atoms with Gasteiger partial charge in [-0.2, -0.15) is 0 Å². The van der Waals surface area contributed by atoms with Crippen LogP contribution in [0.4, 0.5) is 0 Å². The molecule has 0 spiro atoms. The summed E-state index contributed by atoms with van der Waals surface area (Å²) in [5, 5.41) is 21.6. The standard InChI is InChI=1S/C24H28N2O7/c1-25(2)11-12-26-20(16-7-6-8-18(32-4)23(16)33-5)19(22(29)24(26)30)21(28)15-10-9-14(31-3)13-17(15)27/h6-10,13,20,27-28H,11-12H2,1-5H3/b21-19-. The number of hydrogen-bond donors (Lipinski definition) is 2. The molecule has 0 saturated carbocycles. The fourth-order valence-corrected chi connectivity index (χ4v) is 3.85. The zero-order valence-corrected chi connectivity index (χ0v) is 19.3. The minimum atomic E-state index is -0.948. The van der Waals surface area contributed by atoms with Gasteiger partial charge < -0.3 is 34.2 Å². The number of benzene rings is 2. The summed E-state index contributed by atoms with van der Waals surface area (Å²) < 4.78 is 16.0. The molecule has 1 saturated heterocycles. The smallest absolute Gasteiger partial charge is 0.295 e. The average Bonchev–Trinajstić information content (AvgIpc) is 3.06. The third-order valence-corrected chi connectivity index (χ3v) is 5.52. The maximum atomic E-state index is 13.1. The maximum Gasteiger partial charge on any atom is 0.295 e. The number of hydrogen-bond acceptors (Lipinski definition) is 8. The normalized spacial score (nSPS) is 17.5. The van der Waals surface area contributed by atoms with Crippen LogP contribution in [0.1, 0.15) is 17.2 Å². The Hall–Kier alpha value is -3.72. The van der Waals surface area contributed by atoms with E-state index in [1.54, 1.807) is 18.2 Å². The van der Waals surface area contributed by atoms with Crippen molar-refractivity contribution in [3.05, 3.63) is 53.1 Å². The van der Waals surface area contributed by atoms with E-state index < -0.39 is 23.5 Å². The van der Waals surface area contributed by atoms with Gasteiger partial charge in [0.05, 0.1) is 38.5 Å². The molecule has 0 radical (unpaired) electrons. The van der Waals surface area contributed by atoms with Gasteiger partial charge in [-0.15, -0.1) is 0 Å². The Morgan fingerprint density at radius 2 is 1.79 bits per heavy atom. The molecule has 2 N–H and O–H groups in total. The van der Waals surface area contributed by atoms with E-state index in [1.165, 1.54) is 44.4 Å². The average molecular weight is 456 g/mol. The predicted octanol–water partition coefficient (Wildman–Crippen LogP) is 2.40. The van der Waals surface area contributed by atoms with Crippen LogP contribution in [0, 0.1) is 0 Å². The number of Topliss-reactive ketones (excluding diaryl/α,β-unsaturated/α-hetero) is 1. The number of amides is 1. The number of methoxy groups -OCH3 is 3. The number of rotatable bonds is 8. The third-order valence-electron chi connectivity index (χ3n) is 5.52. The summed E-state index contributed by atoms with van der Waals surface area (Å²) >= 11 is 0. The number of para-hydroxylation sites is 1. The van der Waals surface area contributed by atoms with E-state index in [-0.39, 0.29) is 23.4 Å². The van der Waals surface area contributed by atoms with Crippen molar-refractivity contribution >= 4 is 17.4 Å². The fourth-order valence-electron chi connectivity index (χ4n) is 3.85. The molecule has 2 aromatic carbocycles. The molecule has 0 aromatic heterocycles. The lowest BCUT2D eigenvalue weighted by molar-refractivity contribution is -0.140. The third kappa shape index (κ3) is 4.45. The number of ketones is 1. The second-order valence-corrected chi connectivity index (χ2v) is 7.76. The number of carbonyl (C=O) groups is 2. The van der Waals surface area contributed by atoms with E-state index in [0.717, 1.165) is 0 Å². The van der Waals surface area contributed by atoms with Gasteiger partial charge in [0.15, 0.2) is 11.5 Å². The van der Waals surface area contributed by atoms with Gasteiger partial charge in [-0.05, 0) is 32.3 Å². The highest BCUT2D eigenvalue weighted by molar-refractivity contribution is 6.46. The number of aliphatic hydroxyl groups excluding tert-OH is 1. The second kappa shape index (κ2) is 9.83.